The number of benzene rings is 1. The lowest BCUT2D eigenvalue weighted by molar-refractivity contribution is 0.0987. The first-order valence-corrected chi connectivity index (χ1v) is 8.17. The second-order valence-electron chi connectivity index (χ2n) is 5.44. The second kappa shape index (κ2) is 6.00. The first kappa shape index (κ1) is 14.3. The summed E-state index contributed by atoms with van der Waals surface area (Å²) in [5.41, 5.74) is 3.61. The Morgan fingerprint density at radius 1 is 1.33 bits per heavy atom. The van der Waals surface area contributed by atoms with Crippen molar-refractivity contribution >= 4 is 22.9 Å². The van der Waals surface area contributed by atoms with Gasteiger partial charge in [-0.3, -0.25) is 4.79 Å². The van der Waals surface area contributed by atoms with Gasteiger partial charge in [-0.05, 0) is 60.9 Å². The standard InChI is InChI=1S/C17H19NO2S/c1-12-10-13(5-6-14(12)11-19)17(20)18-8-3-2-4-16-15(18)7-9-21-16/h5-7,9-10,19H,2-4,8,11H2,1H3. The molecule has 21 heavy (non-hydrogen) atoms. The molecule has 1 aliphatic heterocycles. The molecule has 0 unspecified atom stereocenters. The summed E-state index contributed by atoms with van der Waals surface area (Å²) in [5, 5.41) is 11.3. The van der Waals surface area contributed by atoms with E-state index in [1.165, 1.54) is 4.88 Å². The van der Waals surface area contributed by atoms with Crippen molar-refractivity contribution in [2.45, 2.75) is 32.8 Å². The van der Waals surface area contributed by atoms with E-state index in [-0.39, 0.29) is 12.5 Å². The van der Waals surface area contributed by atoms with Crippen molar-refractivity contribution in [1.29, 1.82) is 0 Å². The van der Waals surface area contributed by atoms with E-state index < -0.39 is 0 Å². The van der Waals surface area contributed by atoms with Gasteiger partial charge in [0.15, 0.2) is 0 Å². The fourth-order valence-electron chi connectivity index (χ4n) is 2.81. The molecule has 1 aromatic carbocycles. The molecule has 1 aliphatic rings. The van der Waals surface area contributed by atoms with Crippen molar-refractivity contribution in [3.8, 4) is 0 Å². The number of hydrogen-bond acceptors (Lipinski definition) is 3. The normalized spacial score (nSPS) is 14.7. The lowest BCUT2D eigenvalue weighted by Gasteiger charge is -2.21. The van der Waals surface area contributed by atoms with E-state index in [0.717, 1.165) is 42.6 Å². The Bertz CT molecular complexity index is 663. The highest BCUT2D eigenvalue weighted by Crippen LogP contribution is 2.32. The van der Waals surface area contributed by atoms with Crippen LogP contribution in [0.1, 0.15) is 39.2 Å². The Labute approximate surface area is 128 Å². The molecule has 0 fully saturated rings. The van der Waals surface area contributed by atoms with Gasteiger partial charge in [0, 0.05) is 17.0 Å². The molecule has 0 saturated heterocycles. The van der Waals surface area contributed by atoms with E-state index in [0.29, 0.717) is 5.56 Å². The summed E-state index contributed by atoms with van der Waals surface area (Å²) in [5.74, 6) is 0.0594. The molecule has 3 rings (SSSR count). The number of carbonyl (C=O) groups excluding carboxylic acids is 1. The Hall–Kier alpha value is -1.65. The van der Waals surface area contributed by atoms with E-state index in [1.54, 1.807) is 11.3 Å². The summed E-state index contributed by atoms with van der Waals surface area (Å²) >= 11 is 1.74. The molecule has 3 nitrogen and oxygen atoms in total. The fourth-order valence-corrected chi connectivity index (χ4v) is 3.73. The highest BCUT2D eigenvalue weighted by molar-refractivity contribution is 7.10. The minimum absolute atomic E-state index is 0.0126. The molecular weight excluding hydrogens is 282 g/mol. The van der Waals surface area contributed by atoms with Crippen molar-refractivity contribution in [2.75, 3.05) is 11.4 Å². The van der Waals surface area contributed by atoms with Gasteiger partial charge in [-0.15, -0.1) is 11.3 Å². The van der Waals surface area contributed by atoms with Crippen molar-refractivity contribution in [3.05, 3.63) is 51.2 Å². The summed E-state index contributed by atoms with van der Waals surface area (Å²) < 4.78 is 0. The Balaban J connectivity index is 1.94. The van der Waals surface area contributed by atoms with E-state index in [4.69, 9.17) is 0 Å². The maximum absolute atomic E-state index is 12.8. The third kappa shape index (κ3) is 2.74. The van der Waals surface area contributed by atoms with Gasteiger partial charge in [0.2, 0.25) is 0 Å². The van der Waals surface area contributed by atoms with Crippen LogP contribution in [0.5, 0.6) is 0 Å². The van der Waals surface area contributed by atoms with E-state index in [9.17, 15) is 9.90 Å². The average molecular weight is 301 g/mol. The van der Waals surface area contributed by atoms with Gasteiger partial charge in [0.25, 0.3) is 5.91 Å². The Kier molecular flexibility index (Phi) is 4.08. The molecule has 1 aromatic heterocycles. The lowest BCUT2D eigenvalue weighted by atomic mass is 10.0. The first-order chi connectivity index (χ1) is 10.2. The minimum Gasteiger partial charge on any atom is -0.392 e. The number of thiophene rings is 1. The number of aliphatic hydroxyl groups is 1. The highest BCUT2D eigenvalue weighted by atomic mass is 32.1. The number of fused-ring (bicyclic) bond motifs is 1. The molecule has 0 spiro atoms. The lowest BCUT2D eigenvalue weighted by Crippen LogP contribution is -2.31. The molecule has 0 saturated carbocycles. The molecule has 0 aliphatic carbocycles. The summed E-state index contributed by atoms with van der Waals surface area (Å²) in [4.78, 5) is 16.1. The van der Waals surface area contributed by atoms with Gasteiger partial charge in [-0.1, -0.05) is 6.07 Å². The maximum atomic E-state index is 12.8. The average Bonchev–Trinajstić information content (AvgIpc) is 2.86. The number of aryl methyl sites for hydroxylation is 2. The van der Waals surface area contributed by atoms with E-state index in [2.05, 4.69) is 11.4 Å². The number of hydrogen-bond donors (Lipinski definition) is 1. The van der Waals surface area contributed by atoms with E-state index in [1.807, 2.05) is 30.0 Å². The van der Waals surface area contributed by atoms with Crippen LogP contribution in [0.2, 0.25) is 0 Å². The monoisotopic (exact) mass is 301 g/mol. The largest absolute Gasteiger partial charge is 0.392 e. The molecule has 0 atom stereocenters. The van der Waals surface area contributed by atoms with Crippen LogP contribution in [0.4, 0.5) is 5.69 Å². The topological polar surface area (TPSA) is 40.5 Å². The zero-order chi connectivity index (χ0) is 14.8. The molecule has 2 aromatic rings. The Morgan fingerprint density at radius 3 is 2.95 bits per heavy atom. The number of rotatable bonds is 2. The second-order valence-corrected chi connectivity index (χ2v) is 6.44. The van der Waals surface area contributed by atoms with E-state index >= 15 is 0 Å². The minimum atomic E-state index is 0.0126. The third-order valence-corrected chi connectivity index (χ3v) is 5.02. The summed E-state index contributed by atoms with van der Waals surface area (Å²) in [7, 11) is 0. The van der Waals surface area contributed by atoms with Gasteiger partial charge in [0.05, 0.1) is 12.3 Å². The highest BCUT2D eigenvalue weighted by Gasteiger charge is 2.23. The van der Waals surface area contributed by atoms with Crippen LogP contribution in [0.15, 0.2) is 29.6 Å². The number of carbonyl (C=O) groups is 1. The number of amides is 1. The molecule has 1 amide bonds. The van der Waals surface area contributed by atoms with Crippen molar-refractivity contribution < 1.29 is 9.90 Å². The Morgan fingerprint density at radius 2 is 2.19 bits per heavy atom. The van der Waals surface area contributed by atoms with Crippen LogP contribution in [0.3, 0.4) is 0 Å². The first-order valence-electron chi connectivity index (χ1n) is 7.29. The van der Waals surface area contributed by atoms with Crippen LogP contribution in [0.25, 0.3) is 0 Å². The SMILES string of the molecule is Cc1cc(C(=O)N2CCCCc3sccc32)ccc1CO. The molecule has 0 bridgehead atoms. The predicted molar refractivity (Wildman–Crippen MR) is 86.0 cm³/mol. The molecule has 4 heteroatoms. The number of aliphatic hydroxyl groups excluding tert-OH is 1. The van der Waals surface area contributed by atoms with Gasteiger partial charge in [-0.2, -0.15) is 0 Å². The van der Waals surface area contributed by atoms with Crippen LogP contribution < -0.4 is 4.90 Å². The van der Waals surface area contributed by atoms with Crippen LogP contribution in [-0.4, -0.2) is 17.6 Å². The molecular formula is C17H19NO2S. The van der Waals surface area contributed by atoms with Crippen LogP contribution >= 0.6 is 11.3 Å². The van der Waals surface area contributed by atoms with Gasteiger partial charge >= 0.3 is 0 Å². The quantitative estimate of drug-likeness (QED) is 0.922. The zero-order valence-corrected chi connectivity index (χ0v) is 12.9. The molecule has 1 N–H and O–H groups in total. The number of anilines is 1. The van der Waals surface area contributed by atoms with Crippen molar-refractivity contribution in [2.24, 2.45) is 0 Å². The predicted octanol–water partition coefficient (Wildman–Crippen LogP) is 3.53. The molecule has 110 valence electrons. The summed E-state index contributed by atoms with van der Waals surface area (Å²) in [6.07, 6.45) is 3.25. The summed E-state index contributed by atoms with van der Waals surface area (Å²) in [6.45, 7) is 2.73. The van der Waals surface area contributed by atoms with Crippen molar-refractivity contribution in [1.82, 2.24) is 0 Å². The van der Waals surface area contributed by atoms with Crippen molar-refractivity contribution in [3.63, 3.8) is 0 Å². The smallest absolute Gasteiger partial charge is 0.258 e. The summed E-state index contributed by atoms with van der Waals surface area (Å²) in [6, 6.07) is 7.59. The third-order valence-electron chi connectivity index (χ3n) is 4.05. The van der Waals surface area contributed by atoms with Crippen LogP contribution in [0, 0.1) is 6.92 Å². The molecule has 2 heterocycles. The van der Waals surface area contributed by atoms with Gasteiger partial charge in [0.1, 0.15) is 0 Å². The van der Waals surface area contributed by atoms with Gasteiger partial charge in [-0.25, -0.2) is 0 Å². The number of nitrogens with zero attached hydrogens (tertiary/aromatic N) is 1. The maximum Gasteiger partial charge on any atom is 0.258 e. The van der Waals surface area contributed by atoms with Crippen LogP contribution in [-0.2, 0) is 13.0 Å². The van der Waals surface area contributed by atoms with Gasteiger partial charge < -0.3 is 10.0 Å². The zero-order valence-electron chi connectivity index (χ0n) is 12.1. The molecule has 0 radical (unpaired) electrons. The fraction of sp³-hybridized carbons (Fsp3) is 0.353.